The Bertz CT molecular complexity index is 2070. The zero-order valence-electron chi connectivity index (χ0n) is 23.5. The molecule has 0 saturated carbocycles. The monoisotopic (exact) mass is 645 g/mol. The number of carbonyl (C=O) groups is 4. The first kappa shape index (κ1) is 31.2. The Hall–Kier alpha value is -5.22. The van der Waals surface area contributed by atoms with E-state index in [4.69, 9.17) is 18.7 Å². The summed E-state index contributed by atoms with van der Waals surface area (Å²) in [6.45, 7) is 4.63. The van der Waals surface area contributed by atoms with Crippen molar-refractivity contribution in [3.63, 3.8) is 0 Å². The molecule has 0 spiro atoms. The van der Waals surface area contributed by atoms with Gasteiger partial charge in [0.25, 0.3) is 21.9 Å². The van der Waals surface area contributed by atoms with Crippen LogP contribution in [0, 0.1) is 11.6 Å². The van der Waals surface area contributed by atoms with E-state index in [1.54, 1.807) is 20.8 Å². The van der Waals surface area contributed by atoms with Crippen molar-refractivity contribution in [2.45, 2.75) is 44.1 Å². The van der Waals surface area contributed by atoms with Crippen molar-refractivity contribution in [3.05, 3.63) is 69.9 Å². The van der Waals surface area contributed by atoms with Crippen LogP contribution in [-0.4, -0.2) is 47.6 Å². The number of hydrogen-bond donors (Lipinski definition) is 1. The number of carbonyl (C=O) groups excluding carboxylic acids is 4. The van der Waals surface area contributed by atoms with Crippen molar-refractivity contribution in [3.8, 4) is 28.2 Å². The summed E-state index contributed by atoms with van der Waals surface area (Å²) in [6, 6.07) is 5.80. The van der Waals surface area contributed by atoms with Gasteiger partial charge < -0.3 is 18.7 Å². The molecule has 16 heteroatoms. The fourth-order valence-corrected chi connectivity index (χ4v) is 5.21. The van der Waals surface area contributed by atoms with E-state index in [1.807, 2.05) is 0 Å². The van der Waals surface area contributed by atoms with E-state index in [2.05, 4.69) is 0 Å². The van der Waals surface area contributed by atoms with Gasteiger partial charge in [0.2, 0.25) is 5.43 Å². The number of rotatable bonds is 5. The third kappa shape index (κ3) is 6.23. The standard InChI is InChI=1S/C29H21F2NO12S/c1-29(2,3)43-28(37)42-22-12-21-16(10-18(22)31)26(15-9-17(30)19(33)11-20(15)41-21)14-5-4-13(8-23(14)45(38,39)40)27(36)44-32-24(34)6-7-25(32)35/h4-5,8-12H,6-7H2,1-3H3,(H,38,39,40). The molecule has 234 valence electrons. The number of amides is 2. The van der Waals surface area contributed by atoms with Crippen LogP contribution < -0.4 is 10.2 Å². The maximum absolute atomic E-state index is 15.3. The molecule has 1 fully saturated rings. The molecule has 45 heavy (non-hydrogen) atoms. The molecule has 13 nitrogen and oxygen atoms in total. The first-order valence-electron chi connectivity index (χ1n) is 12.9. The highest BCUT2D eigenvalue weighted by atomic mass is 32.2. The molecule has 1 saturated heterocycles. The van der Waals surface area contributed by atoms with Gasteiger partial charge in [-0.25, -0.2) is 18.4 Å². The van der Waals surface area contributed by atoms with Gasteiger partial charge in [-0.3, -0.25) is 18.9 Å². The molecule has 0 unspecified atom stereocenters. The minimum atomic E-state index is -5.21. The number of fused-ring (bicyclic) bond motifs is 2. The smallest absolute Gasteiger partial charge is 0.456 e. The normalized spacial score (nSPS) is 13.9. The molecular weight excluding hydrogens is 624 g/mol. The van der Waals surface area contributed by atoms with E-state index in [0.29, 0.717) is 12.1 Å². The molecule has 0 aromatic heterocycles. The minimum Gasteiger partial charge on any atom is -0.456 e. The first-order valence-corrected chi connectivity index (χ1v) is 14.4. The lowest BCUT2D eigenvalue weighted by Gasteiger charge is -2.20. The summed E-state index contributed by atoms with van der Waals surface area (Å²) >= 11 is 0. The predicted octanol–water partition coefficient (Wildman–Crippen LogP) is 4.62. The lowest BCUT2D eigenvalue weighted by Crippen LogP contribution is -2.32. The number of halogens is 2. The van der Waals surface area contributed by atoms with Gasteiger partial charge in [0.05, 0.1) is 5.56 Å². The first-order chi connectivity index (χ1) is 20.9. The van der Waals surface area contributed by atoms with Crippen LogP contribution in [0.1, 0.15) is 44.0 Å². The SMILES string of the molecule is CC(C)(C)OC(=O)Oc1cc2oc3cc(=O)c(F)cc-3c(-c3ccc(C(=O)ON4C(=O)CCC4=O)cc3S(=O)(=O)O)c2cc1F. The third-order valence-electron chi connectivity index (χ3n) is 6.35. The molecular formula is C29H21F2NO12S. The van der Waals surface area contributed by atoms with Crippen molar-refractivity contribution in [2.75, 3.05) is 0 Å². The topological polar surface area (TPSA) is 184 Å². The Labute approximate surface area is 251 Å². The lowest BCUT2D eigenvalue weighted by atomic mass is 9.92. The van der Waals surface area contributed by atoms with Gasteiger partial charge in [0, 0.05) is 47.1 Å². The van der Waals surface area contributed by atoms with Crippen LogP contribution in [0.5, 0.6) is 5.75 Å². The second-order valence-electron chi connectivity index (χ2n) is 10.7. The molecule has 1 aliphatic carbocycles. The van der Waals surface area contributed by atoms with Crippen molar-refractivity contribution < 1.29 is 59.7 Å². The van der Waals surface area contributed by atoms with E-state index in [1.165, 1.54) is 0 Å². The van der Waals surface area contributed by atoms with Gasteiger partial charge in [-0.15, -0.1) is 5.06 Å². The maximum Gasteiger partial charge on any atom is 0.514 e. The van der Waals surface area contributed by atoms with E-state index in [-0.39, 0.29) is 45.8 Å². The van der Waals surface area contributed by atoms with Crippen LogP contribution in [-0.2, 0) is 29.3 Å². The summed E-state index contributed by atoms with van der Waals surface area (Å²) in [5, 5.41) is -0.00501. The highest BCUT2D eigenvalue weighted by molar-refractivity contribution is 7.86. The van der Waals surface area contributed by atoms with Gasteiger partial charge in [-0.05, 0) is 45.0 Å². The average molecular weight is 646 g/mol. The molecule has 3 aliphatic rings. The van der Waals surface area contributed by atoms with Gasteiger partial charge >= 0.3 is 12.1 Å². The van der Waals surface area contributed by atoms with E-state index in [0.717, 1.165) is 30.3 Å². The molecule has 2 aromatic rings. The summed E-state index contributed by atoms with van der Waals surface area (Å²) in [6.07, 6.45) is -1.67. The molecule has 2 aliphatic heterocycles. The van der Waals surface area contributed by atoms with Crippen LogP contribution in [0.2, 0.25) is 0 Å². The van der Waals surface area contributed by atoms with Crippen molar-refractivity contribution in [1.82, 2.24) is 5.06 Å². The van der Waals surface area contributed by atoms with Crippen LogP contribution in [0.15, 0.2) is 56.6 Å². The van der Waals surface area contributed by atoms with E-state index in [9.17, 15) is 41.3 Å². The summed E-state index contributed by atoms with van der Waals surface area (Å²) in [7, 11) is -5.21. The predicted molar refractivity (Wildman–Crippen MR) is 148 cm³/mol. The molecule has 5 rings (SSSR count). The van der Waals surface area contributed by atoms with Crippen LogP contribution >= 0.6 is 0 Å². The molecule has 0 atom stereocenters. The Morgan fingerprint density at radius 2 is 1.60 bits per heavy atom. The molecule has 2 aromatic carbocycles. The van der Waals surface area contributed by atoms with E-state index < -0.39 is 78.5 Å². The van der Waals surface area contributed by atoms with Gasteiger partial charge in [-0.2, -0.15) is 8.42 Å². The number of ether oxygens (including phenoxy) is 2. The molecule has 2 amide bonds. The molecule has 0 radical (unpaired) electrons. The quantitative estimate of drug-likeness (QED) is 0.105. The largest absolute Gasteiger partial charge is 0.514 e. The van der Waals surface area contributed by atoms with Crippen LogP contribution in [0.3, 0.4) is 0 Å². The zero-order chi connectivity index (χ0) is 33.0. The second-order valence-corrected chi connectivity index (χ2v) is 12.1. The molecule has 1 N–H and O–H groups in total. The van der Waals surface area contributed by atoms with Crippen molar-refractivity contribution in [2.24, 2.45) is 0 Å². The summed E-state index contributed by atoms with van der Waals surface area (Å²) in [4.78, 5) is 64.6. The Morgan fingerprint density at radius 3 is 2.22 bits per heavy atom. The fraction of sp³-hybridized carbons (Fsp3) is 0.207. The Kier molecular flexibility index (Phi) is 7.66. The number of hydrogen-bond acceptors (Lipinski definition) is 11. The van der Waals surface area contributed by atoms with Crippen LogP contribution in [0.25, 0.3) is 33.4 Å². The minimum absolute atomic E-state index is 0.205. The average Bonchev–Trinajstić information content (AvgIpc) is 3.24. The van der Waals surface area contributed by atoms with Crippen molar-refractivity contribution >= 4 is 45.0 Å². The van der Waals surface area contributed by atoms with E-state index >= 15 is 4.39 Å². The Balaban J connectivity index is 1.72. The second kappa shape index (κ2) is 11.0. The number of benzene rings is 3. The number of nitrogens with zero attached hydrogens (tertiary/aromatic N) is 1. The maximum atomic E-state index is 15.3. The molecule has 2 heterocycles. The highest BCUT2D eigenvalue weighted by Crippen LogP contribution is 2.44. The number of hydroxylamine groups is 2. The Morgan fingerprint density at radius 1 is 0.933 bits per heavy atom. The molecule has 0 bridgehead atoms. The van der Waals surface area contributed by atoms with Crippen molar-refractivity contribution in [1.29, 1.82) is 0 Å². The summed E-state index contributed by atoms with van der Waals surface area (Å²) < 4.78 is 80.9. The summed E-state index contributed by atoms with van der Waals surface area (Å²) in [5.41, 5.74) is -3.83. The van der Waals surface area contributed by atoms with Gasteiger partial charge in [-0.1, -0.05) is 6.07 Å². The summed E-state index contributed by atoms with van der Waals surface area (Å²) in [5.74, 6) is -6.37. The lowest BCUT2D eigenvalue weighted by molar-refractivity contribution is -0.172. The third-order valence-corrected chi connectivity index (χ3v) is 7.25. The van der Waals surface area contributed by atoms with Crippen LogP contribution in [0.4, 0.5) is 13.6 Å². The van der Waals surface area contributed by atoms with Gasteiger partial charge in [0.15, 0.2) is 17.4 Å². The van der Waals surface area contributed by atoms with Gasteiger partial charge in [0.1, 0.15) is 21.8 Å². The number of imide groups is 1. The highest BCUT2D eigenvalue weighted by Gasteiger charge is 2.34. The zero-order valence-corrected chi connectivity index (χ0v) is 24.3. The fourth-order valence-electron chi connectivity index (χ4n) is 4.48.